The van der Waals surface area contributed by atoms with Gasteiger partial charge in [0.15, 0.2) is 4.80 Å². The van der Waals surface area contributed by atoms with Gasteiger partial charge in [0.25, 0.3) is 5.91 Å². The van der Waals surface area contributed by atoms with Crippen LogP contribution in [-0.4, -0.2) is 23.7 Å². The molecule has 0 radical (unpaired) electrons. The van der Waals surface area contributed by atoms with Gasteiger partial charge in [0.05, 0.1) is 21.8 Å². The Morgan fingerprint density at radius 2 is 2.04 bits per heavy atom. The van der Waals surface area contributed by atoms with E-state index in [2.05, 4.69) is 4.99 Å². The Bertz CT molecular complexity index is 1240. The second-order valence-electron chi connectivity index (χ2n) is 6.00. The van der Waals surface area contributed by atoms with E-state index >= 15 is 0 Å². The SMILES string of the molecule is CCOCCn1c(=NC(=O)c2sc3ccccc3c2Cl)sc2cc(F)ccc21. The standard InChI is InChI=1S/C20H16ClFN2O2S2/c1-2-26-10-9-24-14-8-7-12(22)11-16(14)28-20(24)23-19(25)18-17(21)13-5-3-4-6-15(13)27-18/h3-8,11H,2,9-10H2,1H3. The molecule has 0 saturated heterocycles. The molecule has 0 aliphatic carbocycles. The highest BCUT2D eigenvalue weighted by atomic mass is 35.5. The van der Waals surface area contributed by atoms with E-state index in [1.807, 2.05) is 35.8 Å². The van der Waals surface area contributed by atoms with E-state index in [1.165, 1.54) is 34.8 Å². The lowest BCUT2D eigenvalue weighted by Gasteiger charge is -2.05. The van der Waals surface area contributed by atoms with Gasteiger partial charge in [-0.15, -0.1) is 11.3 Å². The molecule has 144 valence electrons. The van der Waals surface area contributed by atoms with Crippen molar-refractivity contribution in [2.45, 2.75) is 13.5 Å². The van der Waals surface area contributed by atoms with Gasteiger partial charge in [-0.1, -0.05) is 41.1 Å². The number of carbonyl (C=O) groups is 1. The van der Waals surface area contributed by atoms with Gasteiger partial charge >= 0.3 is 0 Å². The first kappa shape index (κ1) is 19.3. The molecule has 0 atom stereocenters. The second kappa shape index (κ2) is 8.13. The zero-order valence-electron chi connectivity index (χ0n) is 14.9. The summed E-state index contributed by atoms with van der Waals surface area (Å²) >= 11 is 9.01. The van der Waals surface area contributed by atoms with Gasteiger partial charge in [0, 0.05) is 23.2 Å². The van der Waals surface area contributed by atoms with Gasteiger partial charge in [-0.05, 0) is 31.2 Å². The minimum Gasteiger partial charge on any atom is -0.380 e. The monoisotopic (exact) mass is 434 g/mol. The Labute approximate surface area is 173 Å². The number of halogens is 2. The number of benzene rings is 2. The Kier molecular flexibility index (Phi) is 5.59. The van der Waals surface area contributed by atoms with Crippen molar-refractivity contribution in [2.24, 2.45) is 4.99 Å². The van der Waals surface area contributed by atoms with Crippen LogP contribution in [0.1, 0.15) is 16.6 Å². The van der Waals surface area contributed by atoms with Crippen LogP contribution in [0.25, 0.3) is 20.3 Å². The number of rotatable bonds is 5. The van der Waals surface area contributed by atoms with Gasteiger partial charge in [-0.25, -0.2) is 4.39 Å². The summed E-state index contributed by atoms with van der Waals surface area (Å²) in [7, 11) is 0. The summed E-state index contributed by atoms with van der Waals surface area (Å²) in [5, 5.41) is 1.26. The summed E-state index contributed by atoms with van der Waals surface area (Å²) in [4.78, 5) is 18.1. The number of nitrogens with zero attached hydrogens (tertiary/aromatic N) is 2. The quantitative estimate of drug-likeness (QED) is 0.390. The summed E-state index contributed by atoms with van der Waals surface area (Å²) in [6.45, 7) is 3.51. The molecule has 1 amide bonds. The highest BCUT2D eigenvalue weighted by Crippen LogP contribution is 2.35. The molecule has 2 aromatic carbocycles. The fraction of sp³-hybridized carbons (Fsp3) is 0.200. The third-order valence-corrected chi connectivity index (χ3v) is 6.94. The number of carbonyl (C=O) groups excluding carboxylic acids is 1. The van der Waals surface area contributed by atoms with Crippen molar-refractivity contribution < 1.29 is 13.9 Å². The average Bonchev–Trinajstić information content (AvgIpc) is 3.19. The molecule has 2 aromatic heterocycles. The van der Waals surface area contributed by atoms with Crippen molar-refractivity contribution in [1.82, 2.24) is 4.57 Å². The molecule has 0 unspecified atom stereocenters. The Morgan fingerprint density at radius 3 is 2.82 bits per heavy atom. The summed E-state index contributed by atoms with van der Waals surface area (Å²) in [5.74, 6) is -0.723. The highest BCUT2D eigenvalue weighted by molar-refractivity contribution is 7.21. The predicted molar refractivity (Wildman–Crippen MR) is 113 cm³/mol. The maximum atomic E-state index is 13.6. The molecule has 0 bridgehead atoms. The molecule has 2 heterocycles. The van der Waals surface area contributed by atoms with E-state index in [1.54, 1.807) is 6.07 Å². The number of ether oxygens (including phenoxy) is 1. The first-order valence-corrected chi connectivity index (χ1v) is 10.7. The zero-order chi connectivity index (χ0) is 19.7. The number of thiazole rings is 1. The molecule has 0 aliphatic rings. The fourth-order valence-electron chi connectivity index (χ4n) is 2.94. The first-order valence-electron chi connectivity index (χ1n) is 8.71. The molecule has 28 heavy (non-hydrogen) atoms. The molecule has 4 nitrogen and oxygen atoms in total. The fourth-order valence-corrected chi connectivity index (χ4v) is 5.41. The summed E-state index contributed by atoms with van der Waals surface area (Å²) < 4.78 is 22.6. The van der Waals surface area contributed by atoms with E-state index < -0.39 is 5.91 Å². The van der Waals surface area contributed by atoms with Crippen molar-refractivity contribution in [3.05, 3.63) is 63.0 Å². The topological polar surface area (TPSA) is 43.6 Å². The first-order chi connectivity index (χ1) is 13.6. The molecule has 0 fully saturated rings. The number of aromatic nitrogens is 1. The Morgan fingerprint density at radius 1 is 1.21 bits per heavy atom. The highest BCUT2D eigenvalue weighted by Gasteiger charge is 2.17. The van der Waals surface area contributed by atoms with Gasteiger partial charge in [0.1, 0.15) is 10.7 Å². The molecule has 0 N–H and O–H groups in total. The number of amides is 1. The smallest absolute Gasteiger partial charge is 0.291 e. The van der Waals surface area contributed by atoms with E-state index in [9.17, 15) is 9.18 Å². The van der Waals surface area contributed by atoms with Crippen molar-refractivity contribution in [2.75, 3.05) is 13.2 Å². The van der Waals surface area contributed by atoms with Gasteiger partial charge in [0.2, 0.25) is 0 Å². The lowest BCUT2D eigenvalue weighted by atomic mass is 10.2. The lowest BCUT2D eigenvalue weighted by molar-refractivity contribution is 0.100. The van der Waals surface area contributed by atoms with E-state index in [4.69, 9.17) is 16.3 Å². The molecule has 4 rings (SSSR count). The minimum atomic E-state index is -0.400. The van der Waals surface area contributed by atoms with Crippen molar-refractivity contribution in [3.63, 3.8) is 0 Å². The predicted octanol–water partition coefficient (Wildman–Crippen LogP) is 5.49. The summed E-state index contributed by atoms with van der Waals surface area (Å²) in [6, 6.07) is 12.1. The van der Waals surface area contributed by atoms with Crippen molar-refractivity contribution in [1.29, 1.82) is 0 Å². The van der Waals surface area contributed by atoms with Crippen molar-refractivity contribution in [3.8, 4) is 0 Å². The number of fused-ring (bicyclic) bond motifs is 2. The van der Waals surface area contributed by atoms with E-state index in [0.29, 0.717) is 34.5 Å². The number of hydrogen-bond donors (Lipinski definition) is 0. The number of thiophene rings is 1. The maximum Gasteiger partial charge on any atom is 0.291 e. The molecular formula is C20H16ClFN2O2S2. The van der Waals surface area contributed by atoms with Crippen LogP contribution in [0, 0.1) is 5.82 Å². The van der Waals surface area contributed by atoms with E-state index in [-0.39, 0.29) is 5.82 Å². The van der Waals surface area contributed by atoms with Crippen LogP contribution in [-0.2, 0) is 11.3 Å². The normalized spacial score (nSPS) is 12.3. The van der Waals surface area contributed by atoms with Gasteiger partial charge in [-0.3, -0.25) is 4.79 Å². The minimum absolute atomic E-state index is 0.323. The largest absolute Gasteiger partial charge is 0.380 e. The third-order valence-electron chi connectivity index (χ3n) is 4.23. The van der Waals surface area contributed by atoms with Crippen molar-refractivity contribution >= 4 is 60.5 Å². The van der Waals surface area contributed by atoms with Gasteiger partial charge < -0.3 is 9.30 Å². The Hall–Kier alpha value is -2.06. The Balaban J connectivity index is 1.81. The molecule has 8 heteroatoms. The summed E-state index contributed by atoms with van der Waals surface area (Å²) in [5.41, 5.74) is 0.820. The maximum absolute atomic E-state index is 13.6. The molecular weight excluding hydrogens is 419 g/mol. The van der Waals surface area contributed by atoms with Crippen LogP contribution in [0.5, 0.6) is 0 Å². The van der Waals surface area contributed by atoms with E-state index in [0.717, 1.165) is 20.3 Å². The van der Waals surface area contributed by atoms with Gasteiger partial charge in [-0.2, -0.15) is 4.99 Å². The molecule has 0 spiro atoms. The second-order valence-corrected chi connectivity index (χ2v) is 8.44. The molecule has 0 aliphatic heterocycles. The summed E-state index contributed by atoms with van der Waals surface area (Å²) in [6.07, 6.45) is 0. The number of hydrogen-bond acceptors (Lipinski definition) is 4. The molecule has 4 aromatic rings. The van der Waals surface area contributed by atoms with Crippen LogP contribution in [0.15, 0.2) is 47.5 Å². The van der Waals surface area contributed by atoms with Crippen LogP contribution >= 0.6 is 34.3 Å². The lowest BCUT2D eigenvalue weighted by Crippen LogP contribution is -2.19. The van der Waals surface area contributed by atoms with Crippen LogP contribution < -0.4 is 4.80 Å². The molecule has 0 saturated carbocycles. The van der Waals surface area contributed by atoms with Crippen LogP contribution in [0.4, 0.5) is 4.39 Å². The van der Waals surface area contributed by atoms with Crippen LogP contribution in [0.2, 0.25) is 5.02 Å². The third kappa shape index (κ3) is 3.63. The van der Waals surface area contributed by atoms with Crippen LogP contribution in [0.3, 0.4) is 0 Å². The zero-order valence-corrected chi connectivity index (χ0v) is 17.3. The average molecular weight is 435 g/mol.